The summed E-state index contributed by atoms with van der Waals surface area (Å²) in [6.45, 7) is -0.560. The molecule has 1 aromatic heterocycles. The van der Waals surface area contributed by atoms with E-state index in [1.807, 2.05) is 16.8 Å². The lowest BCUT2D eigenvalue weighted by Gasteiger charge is -2.39. The molecule has 32 heavy (non-hydrogen) atoms. The predicted molar refractivity (Wildman–Crippen MR) is 114 cm³/mol. The summed E-state index contributed by atoms with van der Waals surface area (Å²) in [4.78, 5) is 11.7. The number of aromatic nitrogens is 1. The second-order valence-corrected chi connectivity index (χ2v) is 7.79. The van der Waals surface area contributed by atoms with Crippen LogP contribution in [0.1, 0.15) is 10.4 Å². The van der Waals surface area contributed by atoms with Crippen LogP contribution in [0.3, 0.4) is 0 Å². The van der Waals surface area contributed by atoms with Gasteiger partial charge in [-0.25, -0.2) is 4.79 Å². The third kappa shape index (κ3) is 4.06. The Morgan fingerprint density at radius 1 is 1.09 bits per heavy atom. The molecule has 0 saturated carbocycles. The Kier molecular flexibility index (Phi) is 6.38. The van der Waals surface area contributed by atoms with E-state index in [1.54, 1.807) is 36.4 Å². The van der Waals surface area contributed by atoms with E-state index in [4.69, 9.17) is 25.8 Å². The van der Waals surface area contributed by atoms with Crippen molar-refractivity contribution in [1.29, 1.82) is 0 Å². The number of aliphatic hydroxyl groups excluding tert-OH is 4. The van der Waals surface area contributed by atoms with Gasteiger partial charge in [-0.1, -0.05) is 11.6 Å². The minimum absolute atomic E-state index is 0.184. The molecule has 4 rings (SSSR count). The highest BCUT2D eigenvalue weighted by molar-refractivity contribution is 6.32. The number of carbonyl (C=O) groups excluding carboxylic acids is 1. The molecule has 1 fully saturated rings. The fraction of sp³-hybridized carbons (Fsp3) is 0.318. The van der Waals surface area contributed by atoms with E-state index in [0.29, 0.717) is 5.56 Å². The molecule has 4 N–H and O–H groups in total. The summed E-state index contributed by atoms with van der Waals surface area (Å²) in [6, 6.07) is 12.0. The van der Waals surface area contributed by atoms with Crippen LogP contribution in [0, 0.1) is 0 Å². The highest BCUT2D eigenvalue weighted by Gasteiger charge is 2.44. The Labute approximate surface area is 187 Å². The van der Waals surface area contributed by atoms with E-state index in [-0.39, 0.29) is 10.8 Å². The number of ether oxygens (including phenoxy) is 3. The molecule has 2 aromatic carbocycles. The van der Waals surface area contributed by atoms with Crippen molar-refractivity contribution < 1.29 is 39.4 Å². The number of methoxy groups -OCH3 is 1. The zero-order valence-electron chi connectivity index (χ0n) is 17.0. The normalized spacial score (nSPS) is 25.6. The molecule has 1 aliphatic rings. The van der Waals surface area contributed by atoms with Gasteiger partial charge >= 0.3 is 5.97 Å². The van der Waals surface area contributed by atoms with Crippen LogP contribution < -0.4 is 4.74 Å². The summed E-state index contributed by atoms with van der Waals surface area (Å²) in [5.74, 6) is -0.235. The number of fused-ring (bicyclic) bond motifs is 1. The molecule has 0 aliphatic carbocycles. The average molecular weight is 464 g/mol. The SMILES string of the molecule is COC(=O)c1ccc2c(ccn2-c2ccc(O[C@H]3O[C@H](CO)[C@@H](O)[C@H](O)[C@@H]3O)c(Cl)c2)c1. The van der Waals surface area contributed by atoms with Crippen molar-refractivity contribution in [2.45, 2.75) is 30.7 Å². The molecule has 0 amide bonds. The molecule has 1 aliphatic heterocycles. The molecule has 2 heterocycles. The van der Waals surface area contributed by atoms with Gasteiger partial charge in [0.2, 0.25) is 6.29 Å². The average Bonchev–Trinajstić information content (AvgIpc) is 3.23. The summed E-state index contributed by atoms with van der Waals surface area (Å²) >= 11 is 6.39. The number of benzene rings is 2. The van der Waals surface area contributed by atoms with Crippen LogP contribution in [0.2, 0.25) is 5.02 Å². The van der Waals surface area contributed by atoms with Gasteiger partial charge in [0.05, 0.1) is 29.8 Å². The third-order valence-corrected chi connectivity index (χ3v) is 5.69. The Bertz CT molecular complexity index is 1130. The minimum Gasteiger partial charge on any atom is -0.465 e. The Balaban J connectivity index is 1.58. The van der Waals surface area contributed by atoms with Crippen LogP contribution >= 0.6 is 11.6 Å². The molecular formula is C22H22ClNO8. The summed E-state index contributed by atoms with van der Waals surface area (Å²) in [5, 5.41) is 40.3. The van der Waals surface area contributed by atoms with Gasteiger partial charge in [-0.15, -0.1) is 0 Å². The second-order valence-electron chi connectivity index (χ2n) is 7.38. The van der Waals surface area contributed by atoms with Gasteiger partial charge in [-0.3, -0.25) is 0 Å². The Morgan fingerprint density at radius 3 is 2.56 bits per heavy atom. The quantitative estimate of drug-likeness (QED) is 0.416. The lowest BCUT2D eigenvalue weighted by Crippen LogP contribution is -2.60. The van der Waals surface area contributed by atoms with Gasteiger partial charge in [-0.05, 0) is 42.5 Å². The van der Waals surface area contributed by atoms with Crippen molar-refractivity contribution >= 4 is 28.5 Å². The Morgan fingerprint density at radius 2 is 1.88 bits per heavy atom. The number of rotatable bonds is 5. The summed E-state index contributed by atoms with van der Waals surface area (Å²) < 4.78 is 17.6. The van der Waals surface area contributed by atoms with Gasteiger partial charge < -0.3 is 39.2 Å². The fourth-order valence-corrected chi connectivity index (χ4v) is 3.86. The highest BCUT2D eigenvalue weighted by Crippen LogP contribution is 2.32. The molecular weight excluding hydrogens is 442 g/mol. The molecule has 9 nitrogen and oxygen atoms in total. The van der Waals surface area contributed by atoms with E-state index < -0.39 is 43.3 Å². The van der Waals surface area contributed by atoms with Crippen molar-refractivity contribution in [1.82, 2.24) is 4.57 Å². The molecule has 5 atom stereocenters. The maximum atomic E-state index is 11.7. The highest BCUT2D eigenvalue weighted by atomic mass is 35.5. The van der Waals surface area contributed by atoms with Crippen molar-refractivity contribution in [3.05, 3.63) is 59.2 Å². The van der Waals surface area contributed by atoms with E-state index in [9.17, 15) is 25.2 Å². The number of hydrogen-bond acceptors (Lipinski definition) is 8. The van der Waals surface area contributed by atoms with Gasteiger partial charge in [0.1, 0.15) is 30.2 Å². The molecule has 0 radical (unpaired) electrons. The molecule has 0 spiro atoms. The number of esters is 1. The maximum absolute atomic E-state index is 11.7. The number of halogens is 1. The van der Waals surface area contributed by atoms with Crippen LogP contribution in [0.25, 0.3) is 16.6 Å². The van der Waals surface area contributed by atoms with Gasteiger partial charge in [-0.2, -0.15) is 0 Å². The molecule has 10 heteroatoms. The molecule has 3 aromatic rings. The van der Waals surface area contributed by atoms with Gasteiger partial charge in [0.25, 0.3) is 0 Å². The Hall–Kier alpha value is -2.66. The summed E-state index contributed by atoms with van der Waals surface area (Å²) in [7, 11) is 1.33. The zero-order chi connectivity index (χ0) is 23.0. The van der Waals surface area contributed by atoms with Crippen LogP contribution in [-0.4, -0.2) is 75.4 Å². The molecule has 1 saturated heterocycles. The van der Waals surface area contributed by atoms with Crippen LogP contribution in [-0.2, 0) is 9.47 Å². The number of nitrogens with zero attached hydrogens (tertiary/aromatic N) is 1. The first-order valence-corrected chi connectivity index (χ1v) is 10.2. The van der Waals surface area contributed by atoms with Crippen molar-refractivity contribution in [2.75, 3.05) is 13.7 Å². The monoisotopic (exact) mass is 463 g/mol. The lowest BCUT2D eigenvalue weighted by molar-refractivity contribution is -0.277. The molecule has 0 unspecified atom stereocenters. The summed E-state index contributed by atoms with van der Waals surface area (Å²) in [5.41, 5.74) is 2.01. The number of carbonyl (C=O) groups is 1. The standard InChI is InChI=1S/C22H22ClNO8/c1-30-21(29)12-2-4-15-11(8-12)6-7-24(15)13-3-5-16(14(23)9-13)31-22-20(28)19(27)18(26)17(10-25)32-22/h2-9,17-20,22,25-28H,10H2,1H3/t17-,18-,19+,20+,22+/m1/s1. The topological polar surface area (TPSA) is 131 Å². The first-order chi connectivity index (χ1) is 15.3. The van der Waals surface area contributed by atoms with E-state index in [2.05, 4.69) is 0 Å². The first kappa shape index (κ1) is 22.5. The number of aliphatic hydroxyl groups is 4. The van der Waals surface area contributed by atoms with Crippen molar-refractivity contribution in [2.24, 2.45) is 0 Å². The fourth-order valence-electron chi connectivity index (χ4n) is 3.64. The van der Waals surface area contributed by atoms with Crippen molar-refractivity contribution in [3.63, 3.8) is 0 Å². The van der Waals surface area contributed by atoms with Crippen LogP contribution in [0.5, 0.6) is 5.75 Å². The third-order valence-electron chi connectivity index (χ3n) is 5.40. The van der Waals surface area contributed by atoms with Crippen LogP contribution in [0.15, 0.2) is 48.7 Å². The second kappa shape index (κ2) is 9.07. The van der Waals surface area contributed by atoms with Crippen molar-refractivity contribution in [3.8, 4) is 11.4 Å². The van der Waals surface area contributed by atoms with Gasteiger partial charge in [0.15, 0.2) is 0 Å². The lowest BCUT2D eigenvalue weighted by atomic mass is 9.99. The smallest absolute Gasteiger partial charge is 0.337 e. The summed E-state index contributed by atoms with van der Waals surface area (Å²) in [6.07, 6.45) is -5.16. The minimum atomic E-state index is -1.55. The van der Waals surface area contributed by atoms with Gasteiger partial charge in [0, 0.05) is 17.3 Å². The molecule has 170 valence electrons. The maximum Gasteiger partial charge on any atom is 0.337 e. The van der Waals surface area contributed by atoms with E-state index in [1.165, 1.54) is 7.11 Å². The number of hydrogen-bond donors (Lipinski definition) is 4. The first-order valence-electron chi connectivity index (χ1n) is 9.80. The molecule has 0 bridgehead atoms. The van der Waals surface area contributed by atoms with Crippen LogP contribution in [0.4, 0.5) is 0 Å². The van der Waals surface area contributed by atoms with E-state index in [0.717, 1.165) is 16.6 Å². The zero-order valence-corrected chi connectivity index (χ0v) is 17.7. The predicted octanol–water partition coefficient (Wildman–Crippen LogP) is 1.25. The largest absolute Gasteiger partial charge is 0.465 e. The van der Waals surface area contributed by atoms with E-state index >= 15 is 0 Å².